The van der Waals surface area contributed by atoms with Gasteiger partial charge in [-0.2, -0.15) is 0 Å². The molecule has 1 aliphatic heterocycles. The van der Waals surface area contributed by atoms with Crippen molar-refractivity contribution in [2.75, 3.05) is 5.32 Å². The van der Waals surface area contributed by atoms with Gasteiger partial charge in [-0.05, 0) is 60.6 Å². The predicted molar refractivity (Wildman–Crippen MR) is 129 cm³/mol. The molecule has 2 N–H and O–H groups in total. The third-order valence-corrected chi connectivity index (χ3v) is 6.55. The zero-order chi connectivity index (χ0) is 23.3. The molecular weight excluding hydrogens is 412 g/mol. The summed E-state index contributed by atoms with van der Waals surface area (Å²) in [6.07, 6.45) is 3.07. The van der Waals surface area contributed by atoms with Crippen LogP contribution in [0.4, 0.5) is 5.69 Å². The molecule has 168 valence electrons. The summed E-state index contributed by atoms with van der Waals surface area (Å²) in [5.74, 6) is -0.623. The lowest BCUT2D eigenvalue weighted by molar-refractivity contribution is -0.138. The second-order valence-corrected chi connectivity index (χ2v) is 8.49. The zero-order valence-corrected chi connectivity index (χ0v) is 18.8. The number of rotatable bonds is 7. The van der Waals surface area contributed by atoms with Crippen molar-refractivity contribution in [2.45, 2.75) is 44.4 Å². The van der Waals surface area contributed by atoms with E-state index in [9.17, 15) is 14.4 Å². The molecular formula is C28H28N2O3. The van der Waals surface area contributed by atoms with Crippen molar-refractivity contribution in [3.05, 3.63) is 101 Å². The largest absolute Gasteiger partial charge is 0.322 e. The Morgan fingerprint density at radius 3 is 2.30 bits per heavy atom. The molecule has 0 spiro atoms. The molecule has 5 heteroatoms. The summed E-state index contributed by atoms with van der Waals surface area (Å²) < 4.78 is 0. The van der Waals surface area contributed by atoms with Crippen molar-refractivity contribution >= 4 is 23.4 Å². The molecule has 1 aliphatic rings. The first-order valence-electron chi connectivity index (χ1n) is 11.4. The van der Waals surface area contributed by atoms with Crippen LogP contribution < -0.4 is 10.6 Å². The van der Waals surface area contributed by atoms with Gasteiger partial charge in [0.2, 0.25) is 11.8 Å². The molecule has 1 saturated heterocycles. The number of nitrogens with one attached hydrogen (secondary N) is 2. The molecule has 1 heterocycles. The van der Waals surface area contributed by atoms with Crippen molar-refractivity contribution in [1.29, 1.82) is 0 Å². The summed E-state index contributed by atoms with van der Waals surface area (Å²) in [5.41, 5.74) is 3.72. The Bertz CT molecular complexity index is 1160. The highest BCUT2D eigenvalue weighted by Gasteiger charge is 2.42. The maximum absolute atomic E-state index is 13.0. The Morgan fingerprint density at radius 1 is 0.909 bits per heavy atom. The minimum absolute atomic E-state index is 0.155. The molecule has 0 unspecified atom stereocenters. The molecule has 1 fully saturated rings. The van der Waals surface area contributed by atoms with Gasteiger partial charge in [0.15, 0.2) is 0 Å². The van der Waals surface area contributed by atoms with Crippen LogP contribution in [0.3, 0.4) is 0 Å². The first-order valence-corrected chi connectivity index (χ1v) is 11.4. The van der Waals surface area contributed by atoms with E-state index in [4.69, 9.17) is 0 Å². The van der Waals surface area contributed by atoms with Crippen molar-refractivity contribution in [3.63, 3.8) is 0 Å². The molecule has 0 aliphatic carbocycles. The van der Waals surface area contributed by atoms with Gasteiger partial charge in [-0.1, -0.05) is 67.6 Å². The molecule has 3 aromatic carbocycles. The zero-order valence-electron chi connectivity index (χ0n) is 18.8. The number of amides is 3. The number of aryl methyl sites for hydroxylation is 2. The van der Waals surface area contributed by atoms with Crippen LogP contribution in [-0.4, -0.2) is 17.7 Å². The highest BCUT2D eigenvalue weighted by molar-refractivity contribution is 6.05. The summed E-state index contributed by atoms with van der Waals surface area (Å²) in [6, 6.07) is 25.3. The second-order valence-electron chi connectivity index (χ2n) is 8.49. The van der Waals surface area contributed by atoms with E-state index in [1.165, 1.54) is 5.56 Å². The average Bonchev–Trinajstić information content (AvgIpc) is 2.84. The van der Waals surface area contributed by atoms with Crippen LogP contribution in [0.2, 0.25) is 0 Å². The van der Waals surface area contributed by atoms with E-state index >= 15 is 0 Å². The number of carbonyl (C=O) groups excluding carboxylic acids is 3. The van der Waals surface area contributed by atoms with E-state index in [0.29, 0.717) is 30.5 Å². The minimum atomic E-state index is -0.708. The number of carbonyl (C=O) groups is 3. The van der Waals surface area contributed by atoms with Crippen molar-refractivity contribution < 1.29 is 14.4 Å². The van der Waals surface area contributed by atoms with Crippen LogP contribution in [0.15, 0.2) is 78.9 Å². The summed E-state index contributed by atoms with van der Waals surface area (Å²) in [4.78, 5) is 37.2. The lowest BCUT2D eigenvalue weighted by Crippen LogP contribution is -2.51. The fourth-order valence-corrected chi connectivity index (χ4v) is 4.52. The molecule has 33 heavy (non-hydrogen) atoms. The normalized spacial score (nSPS) is 18.0. The third kappa shape index (κ3) is 4.87. The molecule has 4 rings (SSSR count). The number of imide groups is 1. The van der Waals surface area contributed by atoms with Gasteiger partial charge in [0.1, 0.15) is 0 Å². The summed E-state index contributed by atoms with van der Waals surface area (Å²) in [5, 5.41) is 5.45. The smallest absolute Gasteiger partial charge is 0.255 e. The van der Waals surface area contributed by atoms with Gasteiger partial charge in [-0.25, -0.2) is 0 Å². The van der Waals surface area contributed by atoms with Crippen LogP contribution in [0.5, 0.6) is 0 Å². The third-order valence-electron chi connectivity index (χ3n) is 6.55. The number of benzene rings is 3. The monoisotopic (exact) mass is 440 g/mol. The maximum atomic E-state index is 13.0. The molecule has 3 amide bonds. The second kappa shape index (κ2) is 9.82. The molecule has 1 atom stereocenters. The Labute approximate surface area is 194 Å². The Kier molecular flexibility index (Phi) is 6.68. The fourth-order valence-electron chi connectivity index (χ4n) is 4.52. The summed E-state index contributed by atoms with van der Waals surface area (Å²) in [6.45, 7) is 1.96. The van der Waals surface area contributed by atoms with Crippen LogP contribution in [0.1, 0.15) is 53.2 Å². The van der Waals surface area contributed by atoms with Gasteiger partial charge in [0.05, 0.1) is 5.41 Å². The van der Waals surface area contributed by atoms with E-state index in [1.807, 2.05) is 73.7 Å². The van der Waals surface area contributed by atoms with Crippen molar-refractivity contribution in [2.24, 2.45) is 0 Å². The van der Waals surface area contributed by atoms with Gasteiger partial charge >= 0.3 is 0 Å². The average molecular weight is 441 g/mol. The molecule has 3 aromatic rings. The standard InChI is InChI=1S/C28H28N2O3/c1-2-28(19-18-25(31)30-27(28)33)22-14-16-23(17-15-22)29-26(32)24-11-7-6-10-21(24)13-12-20-8-4-3-5-9-20/h3-11,14-17H,2,12-13,18-19H2,1H3,(H,29,32)(H,30,31,33)/t28-/m1/s1. The quantitative estimate of drug-likeness (QED) is 0.518. The number of anilines is 1. The molecule has 0 aromatic heterocycles. The number of piperidine rings is 1. The molecule has 0 saturated carbocycles. The van der Waals surface area contributed by atoms with E-state index in [0.717, 1.165) is 24.0 Å². The lowest BCUT2D eigenvalue weighted by atomic mass is 9.72. The first-order chi connectivity index (χ1) is 16.0. The van der Waals surface area contributed by atoms with E-state index in [2.05, 4.69) is 22.8 Å². The SMILES string of the molecule is CC[C@]1(c2ccc(NC(=O)c3ccccc3CCc3ccccc3)cc2)CCC(=O)NC1=O. The van der Waals surface area contributed by atoms with Gasteiger partial charge in [0.25, 0.3) is 5.91 Å². The fraction of sp³-hybridized carbons (Fsp3) is 0.250. The lowest BCUT2D eigenvalue weighted by Gasteiger charge is -2.35. The summed E-state index contributed by atoms with van der Waals surface area (Å²) >= 11 is 0. The first kappa shape index (κ1) is 22.5. The number of hydrogen-bond donors (Lipinski definition) is 2. The van der Waals surface area contributed by atoms with E-state index in [-0.39, 0.29) is 17.7 Å². The van der Waals surface area contributed by atoms with Gasteiger partial charge < -0.3 is 5.32 Å². The number of hydrogen-bond acceptors (Lipinski definition) is 3. The van der Waals surface area contributed by atoms with Crippen molar-refractivity contribution in [3.8, 4) is 0 Å². The Hall–Kier alpha value is -3.73. The Morgan fingerprint density at radius 2 is 1.61 bits per heavy atom. The summed E-state index contributed by atoms with van der Waals surface area (Å²) in [7, 11) is 0. The van der Waals surface area contributed by atoms with Gasteiger partial charge in [-0.3, -0.25) is 19.7 Å². The van der Waals surface area contributed by atoms with Crippen LogP contribution >= 0.6 is 0 Å². The molecule has 5 nitrogen and oxygen atoms in total. The maximum Gasteiger partial charge on any atom is 0.255 e. The Balaban J connectivity index is 1.47. The van der Waals surface area contributed by atoms with Gasteiger partial charge in [0, 0.05) is 17.7 Å². The highest BCUT2D eigenvalue weighted by Crippen LogP contribution is 2.36. The highest BCUT2D eigenvalue weighted by atomic mass is 16.2. The minimum Gasteiger partial charge on any atom is -0.322 e. The van der Waals surface area contributed by atoms with E-state index in [1.54, 1.807) is 0 Å². The molecule has 0 radical (unpaired) electrons. The van der Waals surface area contributed by atoms with Crippen molar-refractivity contribution in [1.82, 2.24) is 5.32 Å². The molecule has 0 bridgehead atoms. The van der Waals surface area contributed by atoms with Crippen LogP contribution in [0.25, 0.3) is 0 Å². The van der Waals surface area contributed by atoms with Crippen LogP contribution in [-0.2, 0) is 27.8 Å². The van der Waals surface area contributed by atoms with Crippen LogP contribution in [0, 0.1) is 0 Å². The predicted octanol–water partition coefficient (Wildman–Crippen LogP) is 4.81. The van der Waals surface area contributed by atoms with Gasteiger partial charge in [-0.15, -0.1) is 0 Å². The van der Waals surface area contributed by atoms with E-state index < -0.39 is 5.41 Å². The topological polar surface area (TPSA) is 75.3 Å².